The molecule has 0 aromatic heterocycles. The number of nitrogens with zero attached hydrogens (tertiary/aromatic N) is 1. The molecule has 0 saturated carbocycles. The normalized spacial score (nSPS) is 15.6. The fourth-order valence-corrected chi connectivity index (χ4v) is 2.99. The molecular weight excluding hydrogens is 264 g/mol. The summed E-state index contributed by atoms with van der Waals surface area (Å²) in [5.74, 6) is 1.62. The van der Waals surface area contributed by atoms with E-state index < -0.39 is 5.54 Å². The van der Waals surface area contributed by atoms with Gasteiger partial charge in [-0.1, -0.05) is 20.8 Å². The molecule has 4 heteroatoms. The van der Waals surface area contributed by atoms with E-state index in [1.807, 2.05) is 18.2 Å². The van der Waals surface area contributed by atoms with E-state index in [2.05, 4.69) is 32.6 Å². The van der Waals surface area contributed by atoms with Gasteiger partial charge in [0.25, 0.3) is 0 Å². The topological polar surface area (TPSA) is 47.7 Å². The monoisotopic (exact) mass is 294 g/mol. The van der Waals surface area contributed by atoms with Crippen LogP contribution in [0.4, 0.5) is 0 Å². The van der Waals surface area contributed by atoms with Crippen LogP contribution in [-0.4, -0.2) is 38.3 Å². The largest absolute Gasteiger partial charge is 0.497 e. The van der Waals surface area contributed by atoms with Gasteiger partial charge in [-0.2, -0.15) is 0 Å². The Morgan fingerprint density at radius 3 is 2.19 bits per heavy atom. The van der Waals surface area contributed by atoms with Crippen molar-refractivity contribution in [2.45, 2.75) is 45.7 Å². The predicted octanol–water partition coefficient (Wildman–Crippen LogP) is 3.00. The van der Waals surface area contributed by atoms with Gasteiger partial charge in [0.15, 0.2) is 0 Å². The van der Waals surface area contributed by atoms with Gasteiger partial charge in [0.2, 0.25) is 0 Å². The molecular formula is C17H30N2O2. The number of benzene rings is 1. The molecule has 0 aliphatic heterocycles. The zero-order valence-electron chi connectivity index (χ0n) is 14.3. The van der Waals surface area contributed by atoms with Crippen molar-refractivity contribution in [2.75, 3.05) is 27.3 Å². The van der Waals surface area contributed by atoms with Crippen molar-refractivity contribution in [1.82, 2.24) is 4.90 Å². The van der Waals surface area contributed by atoms with Gasteiger partial charge in [-0.15, -0.1) is 0 Å². The van der Waals surface area contributed by atoms with Gasteiger partial charge in [-0.3, -0.25) is 4.90 Å². The lowest BCUT2D eigenvalue weighted by Gasteiger charge is -2.42. The zero-order chi connectivity index (χ0) is 16.0. The van der Waals surface area contributed by atoms with Crippen LogP contribution >= 0.6 is 0 Å². The zero-order valence-corrected chi connectivity index (χ0v) is 14.3. The van der Waals surface area contributed by atoms with Crippen LogP contribution in [-0.2, 0) is 5.54 Å². The molecule has 0 radical (unpaired) electrons. The van der Waals surface area contributed by atoms with Crippen molar-refractivity contribution in [3.63, 3.8) is 0 Å². The van der Waals surface area contributed by atoms with Crippen molar-refractivity contribution in [3.05, 3.63) is 23.8 Å². The summed E-state index contributed by atoms with van der Waals surface area (Å²) in [6.45, 7) is 10.6. The molecule has 0 aliphatic carbocycles. The van der Waals surface area contributed by atoms with E-state index in [9.17, 15) is 0 Å². The Morgan fingerprint density at radius 2 is 1.76 bits per heavy atom. The van der Waals surface area contributed by atoms with Crippen LogP contribution < -0.4 is 15.2 Å². The van der Waals surface area contributed by atoms with Crippen LogP contribution in [0.2, 0.25) is 0 Å². The highest BCUT2D eigenvalue weighted by molar-refractivity contribution is 5.45. The third-order valence-electron chi connectivity index (χ3n) is 4.60. The molecule has 0 saturated heterocycles. The van der Waals surface area contributed by atoms with Crippen LogP contribution in [0.1, 0.15) is 39.7 Å². The second-order valence-corrected chi connectivity index (χ2v) is 5.36. The SMILES string of the molecule is CCN(CC)C(C)C(N)(CC)c1cc(OC)ccc1OC. The molecule has 0 spiro atoms. The Hall–Kier alpha value is -1.26. The van der Waals surface area contributed by atoms with Gasteiger partial charge in [-0.25, -0.2) is 0 Å². The minimum absolute atomic E-state index is 0.207. The molecule has 21 heavy (non-hydrogen) atoms. The third kappa shape index (κ3) is 3.50. The highest BCUT2D eigenvalue weighted by Gasteiger charge is 2.37. The van der Waals surface area contributed by atoms with Crippen molar-refractivity contribution < 1.29 is 9.47 Å². The number of nitrogens with two attached hydrogens (primary N) is 1. The Balaban J connectivity index is 3.35. The quantitative estimate of drug-likeness (QED) is 0.800. The average molecular weight is 294 g/mol. The van der Waals surface area contributed by atoms with Crippen molar-refractivity contribution in [3.8, 4) is 11.5 Å². The summed E-state index contributed by atoms with van der Waals surface area (Å²) in [5, 5.41) is 0. The number of methoxy groups -OCH3 is 2. The molecule has 0 heterocycles. The van der Waals surface area contributed by atoms with E-state index in [-0.39, 0.29) is 6.04 Å². The van der Waals surface area contributed by atoms with Crippen LogP contribution in [0.15, 0.2) is 18.2 Å². The Bertz CT molecular complexity index is 446. The van der Waals surface area contributed by atoms with Gasteiger partial charge < -0.3 is 15.2 Å². The molecule has 0 fully saturated rings. The highest BCUT2D eigenvalue weighted by atomic mass is 16.5. The van der Waals surface area contributed by atoms with E-state index in [1.54, 1.807) is 14.2 Å². The lowest BCUT2D eigenvalue weighted by Crippen LogP contribution is -2.54. The summed E-state index contributed by atoms with van der Waals surface area (Å²) in [6.07, 6.45) is 0.828. The molecule has 1 rings (SSSR count). The van der Waals surface area contributed by atoms with Crippen molar-refractivity contribution in [2.24, 2.45) is 5.73 Å². The summed E-state index contributed by atoms with van der Waals surface area (Å²) in [6, 6.07) is 6.04. The Kier molecular flexibility index (Phi) is 6.49. The molecule has 0 bridgehead atoms. The molecule has 2 N–H and O–H groups in total. The van der Waals surface area contributed by atoms with E-state index in [0.29, 0.717) is 0 Å². The lowest BCUT2D eigenvalue weighted by molar-refractivity contribution is 0.137. The summed E-state index contributed by atoms with van der Waals surface area (Å²) in [5.41, 5.74) is 7.36. The number of likely N-dealkylation sites (N-methyl/N-ethyl adjacent to an activating group) is 1. The molecule has 2 unspecified atom stereocenters. The molecule has 1 aromatic carbocycles. The first-order chi connectivity index (χ1) is 9.98. The molecule has 1 aromatic rings. The summed E-state index contributed by atoms with van der Waals surface area (Å²) >= 11 is 0. The Morgan fingerprint density at radius 1 is 1.14 bits per heavy atom. The van der Waals surface area contributed by atoms with E-state index in [1.165, 1.54) is 0 Å². The summed E-state index contributed by atoms with van der Waals surface area (Å²) in [4.78, 5) is 2.38. The smallest absolute Gasteiger partial charge is 0.124 e. The van der Waals surface area contributed by atoms with Gasteiger partial charge in [-0.05, 0) is 44.6 Å². The van der Waals surface area contributed by atoms with Crippen molar-refractivity contribution >= 4 is 0 Å². The number of hydrogen-bond donors (Lipinski definition) is 1. The first-order valence-corrected chi connectivity index (χ1v) is 7.73. The van der Waals surface area contributed by atoms with Gasteiger partial charge in [0.05, 0.1) is 19.8 Å². The fourth-order valence-electron chi connectivity index (χ4n) is 2.99. The summed E-state index contributed by atoms with van der Waals surface area (Å²) < 4.78 is 10.9. The minimum Gasteiger partial charge on any atom is -0.497 e. The second kappa shape index (κ2) is 7.66. The minimum atomic E-state index is -0.480. The molecule has 0 amide bonds. The summed E-state index contributed by atoms with van der Waals surface area (Å²) in [7, 11) is 3.35. The second-order valence-electron chi connectivity index (χ2n) is 5.36. The lowest BCUT2D eigenvalue weighted by atomic mass is 9.80. The first-order valence-electron chi connectivity index (χ1n) is 7.73. The third-order valence-corrected chi connectivity index (χ3v) is 4.60. The Labute approximate surface area is 129 Å². The molecule has 4 nitrogen and oxygen atoms in total. The first kappa shape index (κ1) is 17.8. The maximum absolute atomic E-state index is 6.84. The fraction of sp³-hybridized carbons (Fsp3) is 0.647. The maximum atomic E-state index is 6.84. The number of hydrogen-bond acceptors (Lipinski definition) is 4. The molecule has 120 valence electrons. The molecule has 0 aliphatic rings. The van der Waals surface area contributed by atoms with E-state index >= 15 is 0 Å². The van der Waals surface area contributed by atoms with Crippen molar-refractivity contribution in [1.29, 1.82) is 0 Å². The van der Waals surface area contributed by atoms with Crippen LogP contribution in [0.5, 0.6) is 11.5 Å². The van der Waals surface area contributed by atoms with E-state index in [0.717, 1.165) is 36.6 Å². The standard InChI is InChI=1S/C17H30N2O2/c1-7-17(18,13(4)19(8-2)9-3)15-12-14(20-5)10-11-16(15)21-6/h10-13H,7-9,18H2,1-6H3. The average Bonchev–Trinajstić information content (AvgIpc) is 2.54. The van der Waals surface area contributed by atoms with E-state index in [4.69, 9.17) is 15.2 Å². The highest BCUT2D eigenvalue weighted by Crippen LogP contribution is 2.37. The number of rotatable bonds is 8. The number of ether oxygens (including phenoxy) is 2. The predicted molar refractivity (Wildman–Crippen MR) is 88.1 cm³/mol. The maximum Gasteiger partial charge on any atom is 0.124 e. The van der Waals surface area contributed by atoms with Crippen LogP contribution in [0.25, 0.3) is 0 Å². The van der Waals surface area contributed by atoms with Gasteiger partial charge in [0, 0.05) is 11.6 Å². The van der Waals surface area contributed by atoms with Gasteiger partial charge >= 0.3 is 0 Å². The van der Waals surface area contributed by atoms with Crippen LogP contribution in [0.3, 0.4) is 0 Å². The molecule has 2 atom stereocenters. The van der Waals surface area contributed by atoms with Crippen LogP contribution in [0, 0.1) is 0 Å². The van der Waals surface area contributed by atoms with Gasteiger partial charge in [0.1, 0.15) is 11.5 Å².